The molecule has 8 nitrogen and oxygen atoms in total. The summed E-state index contributed by atoms with van der Waals surface area (Å²) in [5.41, 5.74) is 8.53. The van der Waals surface area contributed by atoms with E-state index in [0.29, 0.717) is 11.3 Å². The summed E-state index contributed by atoms with van der Waals surface area (Å²) >= 11 is 6.17. The molecule has 4 rings (SSSR count). The van der Waals surface area contributed by atoms with Crippen LogP contribution in [0.5, 0.6) is 0 Å². The van der Waals surface area contributed by atoms with Crippen molar-refractivity contribution in [2.75, 3.05) is 18.9 Å². The van der Waals surface area contributed by atoms with Gasteiger partial charge >= 0.3 is 0 Å². The number of rotatable bonds is 2. The molecule has 0 aliphatic carbocycles. The molecular weight excluding hydrogens is 330 g/mol. The van der Waals surface area contributed by atoms with Crippen molar-refractivity contribution in [1.29, 1.82) is 0 Å². The number of ether oxygens (including phenoxy) is 1. The summed E-state index contributed by atoms with van der Waals surface area (Å²) in [5.74, 6) is 0.227. The smallest absolute Gasteiger partial charge is 0.225 e. The monoisotopic (exact) mass is 345 g/mol. The van der Waals surface area contributed by atoms with Gasteiger partial charge in [0, 0.05) is 25.0 Å². The number of hydrogen-bond donors (Lipinski definition) is 1. The lowest BCUT2D eigenvalue weighted by molar-refractivity contribution is 0.0673. The molecule has 0 atom stereocenters. The molecule has 0 unspecified atom stereocenters. The second-order valence-corrected chi connectivity index (χ2v) is 6.08. The van der Waals surface area contributed by atoms with Crippen LogP contribution in [0, 0.1) is 6.92 Å². The predicted octanol–water partition coefficient (Wildman–Crippen LogP) is 2.18. The molecule has 24 heavy (non-hydrogen) atoms. The van der Waals surface area contributed by atoms with Crippen LogP contribution in [-0.2, 0) is 4.74 Å². The van der Waals surface area contributed by atoms with E-state index in [0.717, 1.165) is 42.7 Å². The van der Waals surface area contributed by atoms with Crippen molar-refractivity contribution in [2.45, 2.75) is 25.8 Å². The number of fused-ring (bicyclic) bond motifs is 1. The molecule has 3 aromatic rings. The van der Waals surface area contributed by atoms with E-state index in [9.17, 15) is 0 Å². The topological polar surface area (TPSA) is 105 Å². The molecule has 0 radical (unpaired) electrons. The molecule has 1 aliphatic rings. The van der Waals surface area contributed by atoms with Gasteiger partial charge < -0.3 is 10.5 Å². The third kappa shape index (κ3) is 2.57. The van der Waals surface area contributed by atoms with Gasteiger partial charge in [-0.25, -0.2) is 19.6 Å². The summed E-state index contributed by atoms with van der Waals surface area (Å²) in [7, 11) is 0. The quantitative estimate of drug-likeness (QED) is 0.709. The Hall–Kier alpha value is -2.32. The van der Waals surface area contributed by atoms with Crippen LogP contribution in [0.15, 0.2) is 12.4 Å². The van der Waals surface area contributed by atoms with E-state index < -0.39 is 0 Å². The first-order valence-corrected chi connectivity index (χ1v) is 8.09. The van der Waals surface area contributed by atoms with E-state index in [-0.39, 0.29) is 17.3 Å². The van der Waals surface area contributed by atoms with Crippen molar-refractivity contribution in [3.63, 3.8) is 0 Å². The molecule has 1 aliphatic heterocycles. The van der Waals surface area contributed by atoms with Crippen LogP contribution in [0.4, 0.5) is 5.95 Å². The third-order valence-electron chi connectivity index (χ3n) is 4.22. The first kappa shape index (κ1) is 15.2. The highest BCUT2D eigenvalue weighted by Gasteiger charge is 2.22. The normalized spacial score (nSPS) is 15.9. The van der Waals surface area contributed by atoms with Gasteiger partial charge in [0.25, 0.3) is 0 Å². The lowest BCUT2D eigenvalue weighted by Gasteiger charge is -2.22. The van der Waals surface area contributed by atoms with Gasteiger partial charge in [0.05, 0.1) is 29.0 Å². The fourth-order valence-electron chi connectivity index (χ4n) is 3.02. The highest BCUT2D eigenvalue weighted by Crippen LogP contribution is 2.31. The standard InChI is InChI=1S/C15H16ClN7O/c1-8-10(6-18-15(17)20-8)12-11-7-19-23(9-2-4-24-5-3-9)13(11)22-14(16)21-12/h6-7,9H,2-5H2,1H3,(H2,17,18,20). The lowest BCUT2D eigenvalue weighted by Crippen LogP contribution is -2.20. The molecule has 0 bridgehead atoms. The Labute approximate surface area is 143 Å². The Morgan fingerprint density at radius 1 is 1.21 bits per heavy atom. The van der Waals surface area contributed by atoms with Gasteiger partial charge in [0.15, 0.2) is 5.65 Å². The summed E-state index contributed by atoms with van der Waals surface area (Å²) in [5, 5.41) is 5.52. The van der Waals surface area contributed by atoms with Gasteiger partial charge in [-0.05, 0) is 31.4 Å². The largest absolute Gasteiger partial charge is 0.381 e. The lowest BCUT2D eigenvalue weighted by atomic mass is 10.1. The Bertz CT molecular complexity index is 904. The second-order valence-electron chi connectivity index (χ2n) is 5.74. The SMILES string of the molecule is Cc1nc(N)ncc1-c1nc(Cl)nc2c1cnn2C1CCOCC1. The van der Waals surface area contributed by atoms with Gasteiger partial charge in [0.2, 0.25) is 11.2 Å². The van der Waals surface area contributed by atoms with Crippen molar-refractivity contribution in [3.05, 3.63) is 23.4 Å². The molecule has 0 aromatic carbocycles. The molecule has 1 fully saturated rings. The van der Waals surface area contributed by atoms with Crippen LogP contribution >= 0.6 is 11.6 Å². The summed E-state index contributed by atoms with van der Waals surface area (Å²) < 4.78 is 7.34. The molecular formula is C15H16ClN7O. The molecule has 2 N–H and O–H groups in total. The van der Waals surface area contributed by atoms with Gasteiger partial charge in [-0.15, -0.1) is 0 Å². The Morgan fingerprint density at radius 2 is 2.00 bits per heavy atom. The fourth-order valence-corrected chi connectivity index (χ4v) is 3.18. The average Bonchev–Trinajstić information content (AvgIpc) is 2.99. The summed E-state index contributed by atoms with van der Waals surface area (Å²) in [6, 6.07) is 0.249. The molecule has 3 aromatic heterocycles. The first-order chi connectivity index (χ1) is 11.6. The van der Waals surface area contributed by atoms with E-state index in [4.69, 9.17) is 22.1 Å². The fraction of sp³-hybridized carbons (Fsp3) is 0.400. The third-order valence-corrected chi connectivity index (χ3v) is 4.39. The van der Waals surface area contributed by atoms with E-state index in [1.54, 1.807) is 12.4 Å². The predicted molar refractivity (Wildman–Crippen MR) is 89.6 cm³/mol. The number of anilines is 1. The number of nitrogens with zero attached hydrogens (tertiary/aromatic N) is 6. The number of nitrogen functional groups attached to an aromatic ring is 1. The van der Waals surface area contributed by atoms with Crippen molar-refractivity contribution in [3.8, 4) is 11.3 Å². The number of aryl methyl sites for hydroxylation is 1. The summed E-state index contributed by atoms with van der Waals surface area (Å²) in [4.78, 5) is 17.0. The summed E-state index contributed by atoms with van der Waals surface area (Å²) in [6.45, 7) is 3.31. The van der Waals surface area contributed by atoms with Crippen LogP contribution in [-0.4, -0.2) is 42.9 Å². The maximum atomic E-state index is 6.17. The summed E-state index contributed by atoms with van der Waals surface area (Å²) in [6.07, 6.45) is 5.23. The maximum Gasteiger partial charge on any atom is 0.225 e. The van der Waals surface area contributed by atoms with Crippen LogP contribution in [0.1, 0.15) is 24.6 Å². The van der Waals surface area contributed by atoms with Crippen molar-refractivity contribution in [2.24, 2.45) is 0 Å². The Morgan fingerprint density at radius 3 is 2.75 bits per heavy atom. The van der Waals surface area contributed by atoms with Crippen LogP contribution in [0.25, 0.3) is 22.3 Å². The zero-order chi connectivity index (χ0) is 16.7. The van der Waals surface area contributed by atoms with Crippen molar-refractivity contribution in [1.82, 2.24) is 29.7 Å². The minimum absolute atomic E-state index is 0.169. The minimum Gasteiger partial charge on any atom is -0.381 e. The molecule has 4 heterocycles. The zero-order valence-electron chi connectivity index (χ0n) is 13.1. The first-order valence-electron chi connectivity index (χ1n) is 7.71. The van der Waals surface area contributed by atoms with Crippen LogP contribution < -0.4 is 5.73 Å². The minimum atomic E-state index is 0.169. The van der Waals surface area contributed by atoms with E-state index in [1.165, 1.54) is 0 Å². The second kappa shape index (κ2) is 5.95. The van der Waals surface area contributed by atoms with Crippen LogP contribution in [0.3, 0.4) is 0 Å². The number of aromatic nitrogens is 6. The Balaban J connectivity index is 1.89. The van der Waals surface area contributed by atoms with Gasteiger partial charge in [0.1, 0.15) is 0 Å². The average molecular weight is 346 g/mol. The molecule has 1 saturated heterocycles. The van der Waals surface area contributed by atoms with Crippen LogP contribution in [0.2, 0.25) is 5.28 Å². The molecule has 9 heteroatoms. The van der Waals surface area contributed by atoms with Crippen molar-refractivity contribution < 1.29 is 4.74 Å². The molecule has 0 amide bonds. The molecule has 124 valence electrons. The highest BCUT2D eigenvalue weighted by atomic mass is 35.5. The van der Waals surface area contributed by atoms with Crippen molar-refractivity contribution >= 4 is 28.6 Å². The highest BCUT2D eigenvalue weighted by molar-refractivity contribution is 6.28. The number of nitrogens with two attached hydrogens (primary N) is 1. The molecule has 0 spiro atoms. The number of halogens is 1. The van der Waals surface area contributed by atoms with Gasteiger partial charge in [-0.3, -0.25) is 0 Å². The van der Waals surface area contributed by atoms with E-state index >= 15 is 0 Å². The zero-order valence-corrected chi connectivity index (χ0v) is 13.9. The number of hydrogen-bond acceptors (Lipinski definition) is 7. The Kier molecular flexibility index (Phi) is 3.78. The van der Waals surface area contributed by atoms with E-state index in [2.05, 4.69) is 25.0 Å². The maximum absolute atomic E-state index is 6.17. The van der Waals surface area contributed by atoms with Gasteiger partial charge in [-0.1, -0.05) is 0 Å². The van der Waals surface area contributed by atoms with E-state index in [1.807, 2.05) is 11.6 Å². The molecule has 0 saturated carbocycles. The van der Waals surface area contributed by atoms with Gasteiger partial charge in [-0.2, -0.15) is 10.1 Å².